The zero-order chi connectivity index (χ0) is 17.8. The van der Waals surface area contributed by atoms with E-state index in [4.69, 9.17) is 9.84 Å². The minimum Gasteiger partial charge on any atom is -0.490 e. The minimum absolute atomic E-state index is 0.127. The molecule has 1 amide bonds. The van der Waals surface area contributed by atoms with Crippen LogP contribution in [0.15, 0.2) is 42.5 Å². The largest absolute Gasteiger partial charge is 0.490 e. The molecular weight excluding hydrogens is 325 g/mol. The number of benzene rings is 2. The van der Waals surface area contributed by atoms with Gasteiger partial charge < -0.3 is 15.2 Å². The summed E-state index contributed by atoms with van der Waals surface area (Å²) in [6, 6.07) is 10.6. The van der Waals surface area contributed by atoms with Crippen molar-refractivity contribution in [2.75, 3.05) is 6.61 Å². The van der Waals surface area contributed by atoms with Gasteiger partial charge in [0.15, 0.2) is 11.6 Å². The van der Waals surface area contributed by atoms with Gasteiger partial charge in [-0.05, 0) is 36.6 Å². The van der Waals surface area contributed by atoms with Crippen LogP contribution in [-0.4, -0.2) is 23.6 Å². The number of halogens is 1. The second-order valence-electron chi connectivity index (χ2n) is 5.95. The predicted octanol–water partition coefficient (Wildman–Crippen LogP) is 3.10. The molecule has 0 fully saturated rings. The topological polar surface area (TPSA) is 75.6 Å². The normalized spacial score (nSPS) is 16.3. The predicted molar refractivity (Wildman–Crippen MR) is 89.1 cm³/mol. The van der Waals surface area contributed by atoms with Gasteiger partial charge in [0.25, 0.3) is 0 Å². The van der Waals surface area contributed by atoms with Crippen molar-refractivity contribution < 1.29 is 23.8 Å². The van der Waals surface area contributed by atoms with Gasteiger partial charge in [-0.15, -0.1) is 0 Å². The zero-order valence-corrected chi connectivity index (χ0v) is 13.5. The number of aromatic carboxylic acids is 1. The van der Waals surface area contributed by atoms with E-state index in [2.05, 4.69) is 5.32 Å². The molecule has 2 aromatic rings. The lowest BCUT2D eigenvalue weighted by Crippen LogP contribution is -2.29. The lowest BCUT2D eigenvalue weighted by molar-refractivity contribution is -0.121. The number of ether oxygens (including phenoxy) is 1. The summed E-state index contributed by atoms with van der Waals surface area (Å²) >= 11 is 0. The summed E-state index contributed by atoms with van der Waals surface area (Å²) in [6.45, 7) is 0.414. The molecule has 6 heteroatoms. The van der Waals surface area contributed by atoms with Crippen LogP contribution in [0.3, 0.4) is 0 Å². The summed E-state index contributed by atoms with van der Waals surface area (Å²) in [7, 11) is 0. The first-order chi connectivity index (χ1) is 12.0. The van der Waals surface area contributed by atoms with Crippen LogP contribution < -0.4 is 10.1 Å². The average molecular weight is 343 g/mol. The summed E-state index contributed by atoms with van der Waals surface area (Å²) in [5.74, 6) is -1.43. The van der Waals surface area contributed by atoms with E-state index in [0.29, 0.717) is 30.6 Å². The van der Waals surface area contributed by atoms with Crippen molar-refractivity contribution in [3.05, 3.63) is 65.0 Å². The molecule has 0 aliphatic carbocycles. The third-order valence-corrected chi connectivity index (χ3v) is 4.16. The lowest BCUT2D eigenvalue weighted by atomic mass is 10.0. The maximum Gasteiger partial charge on any atom is 0.335 e. The van der Waals surface area contributed by atoms with Crippen molar-refractivity contribution in [3.8, 4) is 5.75 Å². The molecule has 3 rings (SSSR count). The second kappa shape index (κ2) is 7.34. The molecule has 1 aliphatic heterocycles. The molecule has 1 unspecified atom stereocenters. The van der Waals surface area contributed by atoms with Gasteiger partial charge in [0, 0.05) is 5.56 Å². The van der Waals surface area contributed by atoms with Crippen LogP contribution in [-0.2, 0) is 11.2 Å². The van der Waals surface area contributed by atoms with Crippen LogP contribution in [0.25, 0.3) is 0 Å². The molecule has 2 aromatic carbocycles. The Balaban J connectivity index is 1.70. The highest BCUT2D eigenvalue weighted by atomic mass is 19.1. The second-order valence-corrected chi connectivity index (χ2v) is 5.95. The van der Waals surface area contributed by atoms with E-state index < -0.39 is 11.8 Å². The van der Waals surface area contributed by atoms with E-state index in [1.165, 1.54) is 18.2 Å². The van der Waals surface area contributed by atoms with Crippen LogP contribution >= 0.6 is 0 Å². The molecule has 0 saturated heterocycles. The van der Waals surface area contributed by atoms with Gasteiger partial charge in [0.1, 0.15) is 0 Å². The van der Waals surface area contributed by atoms with Gasteiger partial charge in [-0.3, -0.25) is 4.79 Å². The maximum absolute atomic E-state index is 13.9. The van der Waals surface area contributed by atoms with E-state index >= 15 is 0 Å². The summed E-state index contributed by atoms with van der Waals surface area (Å²) in [6.07, 6.45) is 1.51. The van der Waals surface area contributed by atoms with Crippen LogP contribution in [0.2, 0.25) is 0 Å². The number of amides is 1. The van der Waals surface area contributed by atoms with Crippen molar-refractivity contribution in [1.29, 1.82) is 0 Å². The van der Waals surface area contributed by atoms with Crippen LogP contribution in [0.5, 0.6) is 5.75 Å². The fourth-order valence-electron chi connectivity index (χ4n) is 2.92. The van der Waals surface area contributed by atoms with Crippen molar-refractivity contribution in [2.24, 2.45) is 0 Å². The highest BCUT2D eigenvalue weighted by molar-refractivity contribution is 5.87. The van der Waals surface area contributed by atoms with Gasteiger partial charge in [-0.2, -0.15) is 0 Å². The van der Waals surface area contributed by atoms with Crippen molar-refractivity contribution in [1.82, 2.24) is 5.32 Å². The van der Waals surface area contributed by atoms with Crippen LogP contribution in [0, 0.1) is 5.82 Å². The van der Waals surface area contributed by atoms with Gasteiger partial charge in [-0.25, -0.2) is 9.18 Å². The Kier molecular flexibility index (Phi) is 4.97. The Bertz CT molecular complexity index is 789. The molecule has 25 heavy (non-hydrogen) atoms. The Morgan fingerprint density at radius 2 is 1.96 bits per heavy atom. The number of hydrogen-bond donors (Lipinski definition) is 2. The van der Waals surface area contributed by atoms with E-state index in [-0.39, 0.29) is 29.7 Å². The number of carboxylic acids is 1. The number of hydrogen-bond acceptors (Lipinski definition) is 3. The Morgan fingerprint density at radius 3 is 2.68 bits per heavy atom. The first-order valence-electron chi connectivity index (χ1n) is 8.07. The Labute approximate surface area is 144 Å². The number of rotatable bonds is 4. The molecule has 1 heterocycles. The fourth-order valence-corrected chi connectivity index (χ4v) is 2.92. The molecule has 1 aliphatic rings. The average Bonchev–Trinajstić information content (AvgIpc) is 2.79. The SMILES string of the molecule is O=C(Cc1ccc(C(=O)O)cc1)NC1CCCOc2c(F)cccc21. The van der Waals surface area contributed by atoms with Gasteiger partial charge >= 0.3 is 5.97 Å². The summed E-state index contributed by atoms with van der Waals surface area (Å²) in [4.78, 5) is 23.2. The molecule has 0 bridgehead atoms. The third-order valence-electron chi connectivity index (χ3n) is 4.16. The first-order valence-corrected chi connectivity index (χ1v) is 8.07. The number of nitrogens with one attached hydrogen (secondary N) is 1. The van der Waals surface area contributed by atoms with Crippen molar-refractivity contribution >= 4 is 11.9 Å². The molecule has 0 spiro atoms. The van der Waals surface area contributed by atoms with Crippen LogP contribution in [0.1, 0.15) is 40.4 Å². The molecule has 130 valence electrons. The molecule has 0 aromatic heterocycles. The summed E-state index contributed by atoms with van der Waals surface area (Å²) < 4.78 is 19.4. The number of carbonyl (C=O) groups excluding carboxylic acids is 1. The molecule has 2 N–H and O–H groups in total. The van der Waals surface area contributed by atoms with E-state index in [0.717, 1.165) is 0 Å². The van der Waals surface area contributed by atoms with E-state index in [9.17, 15) is 14.0 Å². The number of para-hydroxylation sites is 1. The number of carboxylic acid groups (broad SMARTS) is 1. The highest BCUT2D eigenvalue weighted by Gasteiger charge is 2.23. The van der Waals surface area contributed by atoms with E-state index in [1.807, 2.05) is 0 Å². The molecule has 5 nitrogen and oxygen atoms in total. The highest BCUT2D eigenvalue weighted by Crippen LogP contribution is 2.33. The standard InChI is InChI=1S/C19H18FNO4/c20-15-4-1-3-14-16(5-2-10-25-18(14)15)21-17(22)11-12-6-8-13(9-7-12)19(23)24/h1,3-4,6-9,16H,2,5,10-11H2,(H,21,22)(H,23,24). The van der Waals surface area contributed by atoms with Crippen molar-refractivity contribution in [3.63, 3.8) is 0 Å². The summed E-state index contributed by atoms with van der Waals surface area (Å²) in [5.41, 5.74) is 1.54. The molecular formula is C19H18FNO4. The Morgan fingerprint density at radius 1 is 1.20 bits per heavy atom. The maximum atomic E-state index is 13.9. The zero-order valence-electron chi connectivity index (χ0n) is 13.5. The smallest absolute Gasteiger partial charge is 0.335 e. The van der Waals surface area contributed by atoms with Gasteiger partial charge in [0.2, 0.25) is 5.91 Å². The number of carbonyl (C=O) groups is 2. The summed E-state index contributed by atoms with van der Waals surface area (Å²) in [5, 5.41) is 11.8. The van der Waals surface area contributed by atoms with Gasteiger partial charge in [0.05, 0.1) is 24.6 Å². The monoisotopic (exact) mass is 343 g/mol. The Hall–Kier alpha value is -2.89. The minimum atomic E-state index is -1.01. The third kappa shape index (κ3) is 3.96. The van der Waals surface area contributed by atoms with Gasteiger partial charge in [-0.1, -0.05) is 24.3 Å². The molecule has 0 radical (unpaired) electrons. The number of fused-ring (bicyclic) bond motifs is 1. The van der Waals surface area contributed by atoms with E-state index in [1.54, 1.807) is 24.3 Å². The molecule has 0 saturated carbocycles. The fraction of sp³-hybridized carbons (Fsp3) is 0.263. The first kappa shape index (κ1) is 17.0. The molecule has 1 atom stereocenters. The van der Waals surface area contributed by atoms with Crippen molar-refractivity contribution in [2.45, 2.75) is 25.3 Å². The van der Waals surface area contributed by atoms with Crippen LogP contribution in [0.4, 0.5) is 4.39 Å². The quantitative estimate of drug-likeness (QED) is 0.894. The lowest BCUT2D eigenvalue weighted by Gasteiger charge is -2.18.